The van der Waals surface area contributed by atoms with Gasteiger partial charge in [0.2, 0.25) is 5.91 Å². The molecule has 1 atom stereocenters. The van der Waals surface area contributed by atoms with Crippen LogP contribution in [0.4, 0.5) is 0 Å². The van der Waals surface area contributed by atoms with Crippen molar-refractivity contribution < 1.29 is 9.53 Å². The van der Waals surface area contributed by atoms with Crippen molar-refractivity contribution in [1.82, 2.24) is 20.1 Å². The Morgan fingerprint density at radius 1 is 1.67 bits per heavy atom. The molecule has 0 radical (unpaired) electrons. The molecular formula is C9H16N4O2. The third kappa shape index (κ3) is 3.67. The molecule has 1 aromatic heterocycles. The Bertz CT molecular complexity index is 286. The standard InChI is InChI=1S/C9H16N4O2/c1-8(13-7-10-6-12-13)9(14)11-4-3-5-15-2/h6-8H,3-5H2,1-2H3,(H,11,14). The minimum atomic E-state index is -0.324. The highest BCUT2D eigenvalue weighted by atomic mass is 16.5. The monoisotopic (exact) mass is 212 g/mol. The molecule has 0 fully saturated rings. The van der Waals surface area contributed by atoms with Crippen molar-refractivity contribution in [3.8, 4) is 0 Å². The van der Waals surface area contributed by atoms with Gasteiger partial charge in [-0.15, -0.1) is 0 Å². The van der Waals surface area contributed by atoms with E-state index in [2.05, 4.69) is 15.4 Å². The zero-order chi connectivity index (χ0) is 11.1. The van der Waals surface area contributed by atoms with Crippen LogP contribution in [0.1, 0.15) is 19.4 Å². The third-order valence-corrected chi connectivity index (χ3v) is 2.04. The molecule has 1 amide bonds. The lowest BCUT2D eigenvalue weighted by molar-refractivity contribution is -0.124. The average Bonchev–Trinajstić information content (AvgIpc) is 2.76. The summed E-state index contributed by atoms with van der Waals surface area (Å²) in [7, 11) is 1.64. The Kier molecular flexibility index (Phi) is 4.76. The van der Waals surface area contributed by atoms with Gasteiger partial charge in [0.05, 0.1) is 0 Å². The Labute approximate surface area is 88.6 Å². The Morgan fingerprint density at radius 3 is 3.07 bits per heavy atom. The lowest BCUT2D eigenvalue weighted by Gasteiger charge is -2.11. The molecule has 6 heteroatoms. The van der Waals surface area contributed by atoms with Crippen LogP contribution < -0.4 is 5.32 Å². The summed E-state index contributed by atoms with van der Waals surface area (Å²) in [4.78, 5) is 15.4. The van der Waals surface area contributed by atoms with Gasteiger partial charge in [0.25, 0.3) is 0 Å². The smallest absolute Gasteiger partial charge is 0.244 e. The lowest BCUT2D eigenvalue weighted by Crippen LogP contribution is -2.32. The zero-order valence-corrected chi connectivity index (χ0v) is 9.01. The van der Waals surface area contributed by atoms with Crippen LogP contribution in [-0.2, 0) is 9.53 Å². The molecule has 0 aliphatic heterocycles. The number of methoxy groups -OCH3 is 1. The van der Waals surface area contributed by atoms with Crippen molar-refractivity contribution in [2.45, 2.75) is 19.4 Å². The largest absolute Gasteiger partial charge is 0.385 e. The van der Waals surface area contributed by atoms with Crippen LogP contribution in [-0.4, -0.2) is 40.9 Å². The fraction of sp³-hybridized carbons (Fsp3) is 0.667. The molecule has 0 aliphatic carbocycles. The van der Waals surface area contributed by atoms with Gasteiger partial charge in [0.1, 0.15) is 18.7 Å². The minimum absolute atomic E-state index is 0.0587. The Hall–Kier alpha value is -1.43. The average molecular weight is 212 g/mol. The summed E-state index contributed by atoms with van der Waals surface area (Å²) in [6, 6.07) is -0.324. The molecular weight excluding hydrogens is 196 g/mol. The van der Waals surface area contributed by atoms with Gasteiger partial charge >= 0.3 is 0 Å². The summed E-state index contributed by atoms with van der Waals surface area (Å²) in [5.74, 6) is -0.0587. The number of hydrogen-bond acceptors (Lipinski definition) is 4. The van der Waals surface area contributed by atoms with E-state index in [4.69, 9.17) is 4.74 Å². The van der Waals surface area contributed by atoms with Gasteiger partial charge in [0, 0.05) is 20.3 Å². The summed E-state index contributed by atoms with van der Waals surface area (Å²) >= 11 is 0. The number of rotatable bonds is 6. The molecule has 1 unspecified atom stereocenters. The number of carbonyl (C=O) groups is 1. The van der Waals surface area contributed by atoms with Crippen LogP contribution >= 0.6 is 0 Å². The van der Waals surface area contributed by atoms with Crippen LogP contribution in [0.2, 0.25) is 0 Å². The summed E-state index contributed by atoms with van der Waals surface area (Å²) in [5.41, 5.74) is 0. The van der Waals surface area contributed by atoms with E-state index >= 15 is 0 Å². The quantitative estimate of drug-likeness (QED) is 0.673. The fourth-order valence-electron chi connectivity index (χ4n) is 1.11. The highest BCUT2D eigenvalue weighted by Gasteiger charge is 2.13. The first-order valence-electron chi connectivity index (χ1n) is 4.86. The molecule has 0 saturated carbocycles. The number of amides is 1. The van der Waals surface area contributed by atoms with Crippen molar-refractivity contribution in [3.05, 3.63) is 12.7 Å². The van der Waals surface area contributed by atoms with Crippen LogP contribution in [0.25, 0.3) is 0 Å². The second kappa shape index (κ2) is 6.13. The topological polar surface area (TPSA) is 69.0 Å². The van der Waals surface area contributed by atoms with Gasteiger partial charge in [-0.2, -0.15) is 5.10 Å². The third-order valence-electron chi connectivity index (χ3n) is 2.04. The first kappa shape index (κ1) is 11.6. The van der Waals surface area contributed by atoms with E-state index in [-0.39, 0.29) is 11.9 Å². The number of carbonyl (C=O) groups excluding carboxylic acids is 1. The number of ether oxygens (including phenoxy) is 1. The van der Waals surface area contributed by atoms with E-state index < -0.39 is 0 Å². The van der Waals surface area contributed by atoms with Gasteiger partial charge in [-0.3, -0.25) is 4.79 Å². The minimum Gasteiger partial charge on any atom is -0.385 e. The molecule has 0 bridgehead atoms. The van der Waals surface area contributed by atoms with Crippen molar-refractivity contribution in [2.75, 3.05) is 20.3 Å². The maximum Gasteiger partial charge on any atom is 0.244 e. The molecule has 0 aromatic carbocycles. The normalized spacial score (nSPS) is 12.4. The first-order valence-corrected chi connectivity index (χ1v) is 4.86. The van der Waals surface area contributed by atoms with Gasteiger partial charge in [-0.25, -0.2) is 9.67 Å². The molecule has 0 spiro atoms. The summed E-state index contributed by atoms with van der Waals surface area (Å²) in [6.07, 6.45) is 3.75. The molecule has 1 heterocycles. The maximum atomic E-state index is 11.6. The SMILES string of the molecule is COCCCNC(=O)C(C)n1cncn1. The van der Waals surface area contributed by atoms with Gasteiger partial charge in [0.15, 0.2) is 0 Å². The van der Waals surface area contributed by atoms with Crippen molar-refractivity contribution >= 4 is 5.91 Å². The summed E-state index contributed by atoms with van der Waals surface area (Å²) in [5, 5.41) is 6.70. The molecule has 1 aromatic rings. The highest BCUT2D eigenvalue weighted by molar-refractivity contribution is 5.79. The molecule has 0 aliphatic rings. The van der Waals surface area contributed by atoms with Crippen LogP contribution in [0, 0.1) is 0 Å². The molecule has 1 rings (SSSR count). The predicted molar refractivity (Wildman–Crippen MR) is 54.2 cm³/mol. The first-order chi connectivity index (χ1) is 7.25. The molecule has 1 N–H and O–H groups in total. The number of nitrogens with one attached hydrogen (secondary N) is 1. The van der Waals surface area contributed by atoms with Gasteiger partial charge in [-0.05, 0) is 13.3 Å². The second-order valence-electron chi connectivity index (χ2n) is 3.19. The number of hydrogen-bond donors (Lipinski definition) is 1. The van der Waals surface area contributed by atoms with Crippen LogP contribution in [0.5, 0.6) is 0 Å². The zero-order valence-electron chi connectivity index (χ0n) is 9.01. The maximum absolute atomic E-state index is 11.6. The van der Waals surface area contributed by atoms with Crippen LogP contribution in [0.3, 0.4) is 0 Å². The second-order valence-corrected chi connectivity index (χ2v) is 3.19. The molecule has 0 saturated heterocycles. The number of aromatic nitrogens is 3. The molecule has 6 nitrogen and oxygen atoms in total. The van der Waals surface area contributed by atoms with Crippen molar-refractivity contribution in [2.24, 2.45) is 0 Å². The fourth-order valence-corrected chi connectivity index (χ4v) is 1.11. The van der Waals surface area contributed by atoms with E-state index in [0.29, 0.717) is 13.2 Å². The lowest BCUT2D eigenvalue weighted by atomic mass is 10.3. The molecule has 15 heavy (non-hydrogen) atoms. The van der Waals surface area contributed by atoms with Crippen molar-refractivity contribution in [1.29, 1.82) is 0 Å². The summed E-state index contributed by atoms with van der Waals surface area (Å²) in [6.45, 7) is 3.05. The van der Waals surface area contributed by atoms with Crippen molar-refractivity contribution in [3.63, 3.8) is 0 Å². The molecule has 84 valence electrons. The Balaban J connectivity index is 2.28. The summed E-state index contributed by atoms with van der Waals surface area (Å²) < 4.78 is 6.40. The van der Waals surface area contributed by atoms with E-state index in [1.807, 2.05) is 0 Å². The van der Waals surface area contributed by atoms with E-state index in [0.717, 1.165) is 6.42 Å². The van der Waals surface area contributed by atoms with Gasteiger partial charge in [-0.1, -0.05) is 0 Å². The van der Waals surface area contributed by atoms with E-state index in [1.54, 1.807) is 14.0 Å². The van der Waals surface area contributed by atoms with Gasteiger partial charge < -0.3 is 10.1 Å². The highest BCUT2D eigenvalue weighted by Crippen LogP contribution is 2.01. The predicted octanol–water partition coefficient (Wildman–Crippen LogP) is -0.00820. The van der Waals surface area contributed by atoms with E-state index in [9.17, 15) is 4.79 Å². The number of nitrogens with zero attached hydrogens (tertiary/aromatic N) is 3. The van der Waals surface area contributed by atoms with Crippen LogP contribution in [0.15, 0.2) is 12.7 Å². The Morgan fingerprint density at radius 2 is 2.47 bits per heavy atom. The van der Waals surface area contributed by atoms with E-state index in [1.165, 1.54) is 17.3 Å².